The molecule has 2 aliphatic rings. The quantitative estimate of drug-likeness (QED) is 0.814. The highest BCUT2D eigenvalue weighted by Crippen LogP contribution is 2.40. The Labute approximate surface area is 151 Å². The van der Waals surface area contributed by atoms with Crippen LogP contribution in [-0.2, 0) is 20.7 Å². The number of para-hydroxylation sites is 1. The summed E-state index contributed by atoms with van der Waals surface area (Å²) in [5.41, 5.74) is 2.83. The first kappa shape index (κ1) is 16.5. The second kappa shape index (κ2) is 6.77. The van der Waals surface area contributed by atoms with Gasteiger partial charge >= 0.3 is 5.97 Å². The Balaban J connectivity index is 1.55. The fraction of sp³-hybridized carbons (Fsp3) is 0.238. The Morgan fingerprint density at radius 1 is 0.923 bits per heavy atom. The van der Waals surface area contributed by atoms with Gasteiger partial charge in [0.15, 0.2) is 0 Å². The highest BCUT2D eigenvalue weighted by molar-refractivity contribution is 5.97. The Kier molecular flexibility index (Phi) is 4.31. The van der Waals surface area contributed by atoms with E-state index >= 15 is 0 Å². The zero-order valence-electron chi connectivity index (χ0n) is 14.0. The molecule has 1 amide bonds. The molecule has 2 N–H and O–H groups in total. The Bertz CT molecular complexity index is 861. The van der Waals surface area contributed by atoms with Crippen molar-refractivity contribution in [2.75, 3.05) is 5.32 Å². The van der Waals surface area contributed by atoms with Crippen molar-refractivity contribution in [2.24, 2.45) is 11.8 Å². The minimum Gasteiger partial charge on any atom is -0.481 e. The molecule has 1 fully saturated rings. The number of fused-ring (bicyclic) bond motifs is 2. The lowest BCUT2D eigenvalue weighted by Gasteiger charge is -2.21. The van der Waals surface area contributed by atoms with Crippen molar-refractivity contribution in [3.05, 3.63) is 77.9 Å². The summed E-state index contributed by atoms with van der Waals surface area (Å²) in [7, 11) is 0. The number of rotatable bonds is 5. The second-order valence-corrected chi connectivity index (χ2v) is 6.65. The van der Waals surface area contributed by atoms with Gasteiger partial charge in [-0.3, -0.25) is 9.59 Å². The van der Waals surface area contributed by atoms with E-state index in [0.717, 1.165) is 11.1 Å². The molecule has 2 bridgehead atoms. The van der Waals surface area contributed by atoms with Gasteiger partial charge in [-0.1, -0.05) is 60.7 Å². The van der Waals surface area contributed by atoms with Crippen molar-refractivity contribution in [2.45, 2.75) is 18.6 Å². The summed E-state index contributed by atoms with van der Waals surface area (Å²) in [6.45, 7) is 0. The maximum atomic E-state index is 12.8. The van der Waals surface area contributed by atoms with Crippen molar-refractivity contribution in [3.8, 4) is 0 Å². The highest BCUT2D eigenvalue weighted by atomic mass is 16.5. The van der Waals surface area contributed by atoms with Gasteiger partial charge in [-0.2, -0.15) is 0 Å². The lowest BCUT2D eigenvalue weighted by molar-refractivity contribution is -0.145. The zero-order valence-corrected chi connectivity index (χ0v) is 14.0. The van der Waals surface area contributed by atoms with Gasteiger partial charge in [0.2, 0.25) is 5.91 Å². The predicted molar refractivity (Wildman–Crippen MR) is 96.7 cm³/mol. The molecule has 2 aromatic rings. The fourth-order valence-corrected chi connectivity index (χ4v) is 3.74. The first-order valence-corrected chi connectivity index (χ1v) is 8.63. The fourth-order valence-electron chi connectivity index (χ4n) is 3.74. The van der Waals surface area contributed by atoms with E-state index in [2.05, 4.69) is 5.32 Å². The van der Waals surface area contributed by atoms with E-state index in [1.165, 1.54) is 0 Å². The van der Waals surface area contributed by atoms with Crippen LogP contribution in [0.4, 0.5) is 5.69 Å². The zero-order chi connectivity index (χ0) is 18.1. The minimum absolute atomic E-state index is 0.310. The molecule has 1 saturated heterocycles. The Hall–Kier alpha value is -2.92. The molecule has 0 aromatic heterocycles. The summed E-state index contributed by atoms with van der Waals surface area (Å²) in [5.74, 6) is -2.87. The number of nitrogens with one attached hydrogen (secondary N) is 1. The number of benzene rings is 2. The number of hydrogen-bond donors (Lipinski definition) is 2. The molecule has 2 heterocycles. The van der Waals surface area contributed by atoms with Crippen LogP contribution in [0.5, 0.6) is 0 Å². The molecule has 5 heteroatoms. The monoisotopic (exact) mass is 349 g/mol. The molecular weight excluding hydrogens is 330 g/mol. The SMILES string of the molecule is O=C(O)[C@@H]1[C@@H](C(=O)Nc2ccccc2Cc2ccccc2)[C@H]2C=C[C@@H]1O2. The van der Waals surface area contributed by atoms with Gasteiger partial charge in [0.1, 0.15) is 5.92 Å². The lowest BCUT2D eigenvalue weighted by atomic mass is 9.82. The summed E-state index contributed by atoms with van der Waals surface area (Å²) >= 11 is 0. The third kappa shape index (κ3) is 3.02. The van der Waals surface area contributed by atoms with E-state index in [1.54, 1.807) is 12.2 Å². The number of ether oxygens (including phenoxy) is 1. The lowest BCUT2D eigenvalue weighted by Crippen LogP contribution is -2.39. The molecule has 4 rings (SSSR count). The summed E-state index contributed by atoms with van der Waals surface area (Å²) < 4.78 is 5.59. The van der Waals surface area contributed by atoms with E-state index < -0.39 is 30.0 Å². The van der Waals surface area contributed by atoms with Gasteiger partial charge in [0.05, 0.1) is 18.1 Å². The van der Waals surface area contributed by atoms with E-state index in [4.69, 9.17) is 4.74 Å². The summed E-state index contributed by atoms with van der Waals surface area (Å²) in [6, 6.07) is 17.6. The second-order valence-electron chi connectivity index (χ2n) is 6.65. The van der Waals surface area contributed by atoms with Crippen LogP contribution in [-0.4, -0.2) is 29.2 Å². The van der Waals surface area contributed by atoms with Crippen molar-refractivity contribution in [1.82, 2.24) is 0 Å². The van der Waals surface area contributed by atoms with Crippen molar-refractivity contribution in [3.63, 3.8) is 0 Å². The molecule has 0 spiro atoms. The standard InChI is InChI=1S/C21H19NO4/c23-20(18-16-10-11-17(26-16)19(18)21(24)25)22-15-9-5-4-8-14(15)12-13-6-2-1-3-7-13/h1-11,16-19H,12H2,(H,22,23)(H,24,25)/t16-,17+,18+,19+/m1/s1. The molecule has 0 aliphatic carbocycles. The van der Waals surface area contributed by atoms with Crippen LogP contribution in [0.3, 0.4) is 0 Å². The van der Waals surface area contributed by atoms with Gasteiger partial charge in [-0.15, -0.1) is 0 Å². The van der Waals surface area contributed by atoms with Crippen LogP contribution in [0, 0.1) is 11.8 Å². The number of carboxylic acids is 1. The number of hydrogen-bond acceptors (Lipinski definition) is 3. The third-order valence-corrected chi connectivity index (χ3v) is 5.00. The van der Waals surface area contributed by atoms with Crippen LogP contribution >= 0.6 is 0 Å². The molecule has 0 saturated carbocycles. The molecule has 132 valence electrons. The molecule has 26 heavy (non-hydrogen) atoms. The van der Waals surface area contributed by atoms with Gasteiger partial charge in [0, 0.05) is 5.69 Å². The number of amides is 1. The molecule has 5 nitrogen and oxygen atoms in total. The third-order valence-electron chi connectivity index (χ3n) is 5.00. The Morgan fingerprint density at radius 3 is 2.31 bits per heavy atom. The van der Waals surface area contributed by atoms with E-state index in [1.807, 2.05) is 54.6 Å². The first-order chi connectivity index (χ1) is 12.6. The summed E-state index contributed by atoms with van der Waals surface area (Å²) in [5, 5.41) is 12.4. The maximum absolute atomic E-state index is 12.8. The number of anilines is 1. The molecular formula is C21H19NO4. The smallest absolute Gasteiger partial charge is 0.310 e. The molecule has 2 aromatic carbocycles. The van der Waals surface area contributed by atoms with Gasteiger partial charge in [0.25, 0.3) is 0 Å². The van der Waals surface area contributed by atoms with Gasteiger partial charge in [-0.25, -0.2) is 0 Å². The average Bonchev–Trinajstić information content (AvgIpc) is 3.25. The molecule has 4 atom stereocenters. The van der Waals surface area contributed by atoms with E-state index in [-0.39, 0.29) is 5.91 Å². The van der Waals surface area contributed by atoms with E-state index in [0.29, 0.717) is 12.1 Å². The first-order valence-electron chi connectivity index (χ1n) is 8.63. The van der Waals surface area contributed by atoms with Gasteiger partial charge < -0.3 is 15.2 Å². The van der Waals surface area contributed by atoms with E-state index in [9.17, 15) is 14.7 Å². The van der Waals surface area contributed by atoms with Crippen molar-refractivity contribution >= 4 is 17.6 Å². The van der Waals surface area contributed by atoms with Crippen LogP contribution in [0.25, 0.3) is 0 Å². The van der Waals surface area contributed by atoms with Crippen LogP contribution < -0.4 is 5.32 Å². The number of carbonyl (C=O) groups is 2. The maximum Gasteiger partial charge on any atom is 0.310 e. The average molecular weight is 349 g/mol. The highest BCUT2D eigenvalue weighted by Gasteiger charge is 2.53. The van der Waals surface area contributed by atoms with Crippen LogP contribution in [0.2, 0.25) is 0 Å². The normalized spacial score (nSPS) is 26.0. The topological polar surface area (TPSA) is 75.6 Å². The molecule has 2 aliphatic heterocycles. The van der Waals surface area contributed by atoms with Gasteiger partial charge in [-0.05, 0) is 23.6 Å². The summed E-state index contributed by atoms with van der Waals surface area (Å²) in [6.07, 6.45) is 3.21. The van der Waals surface area contributed by atoms with Crippen LogP contribution in [0.1, 0.15) is 11.1 Å². The minimum atomic E-state index is -1.00. The van der Waals surface area contributed by atoms with Crippen molar-refractivity contribution < 1.29 is 19.4 Å². The largest absolute Gasteiger partial charge is 0.481 e. The number of carbonyl (C=O) groups excluding carboxylic acids is 1. The summed E-state index contributed by atoms with van der Waals surface area (Å²) in [4.78, 5) is 24.4. The molecule has 0 unspecified atom stereocenters. The number of aliphatic carboxylic acids is 1. The van der Waals surface area contributed by atoms with Crippen molar-refractivity contribution in [1.29, 1.82) is 0 Å². The Morgan fingerprint density at radius 2 is 1.58 bits per heavy atom. The molecule has 0 radical (unpaired) electrons. The van der Waals surface area contributed by atoms with Crippen LogP contribution in [0.15, 0.2) is 66.7 Å². The predicted octanol–water partition coefficient (Wildman–Crippen LogP) is 2.87. The number of carboxylic acid groups (broad SMARTS) is 1.